The highest BCUT2D eigenvalue weighted by Gasteiger charge is 2.00. The van der Waals surface area contributed by atoms with Crippen molar-refractivity contribution in [3.05, 3.63) is 35.9 Å². The number of esters is 1. The summed E-state index contributed by atoms with van der Waals surface area (Å²) in [6.45, 7) is 4.47. The Morgan fingerprint density at radius 1 is 1.08 bits per heavy atom. The summed E-state index contributed by atoms with van der Waals surface area (Å²) >= 11 is 0. The van der Waals surface area contributed by atoms with Crippen LogP contribution in [-0.2, 0) is 16.1 Å². The van der Waals surface area contributed by atoms with Crippen molar-refractivity contribution in [2.75, 3.05) is 20.2 Å². The second kappa shape index (κ2) is 15.2. The number of unbranched alkanes of at least 4 members (excludes halogenated alkanes) is 3. The lowest BCUT2D eigenvalue weighted by Crippen LogP contribution is -2.37. The lowest BCUT2D eigenvalue weighted by molar-refractivity contribution is -0.140. The number of benzene rings is 1. The Hall–Kier alpha value is -1.31. The zero-order valence-corrected chi connectivity index (χ0v) is 17.0. The molecule has 1 aromatic carbocycles. The molecule has 6 heteroatoms. The maximum Gasteiger partial charge on any atom is 0.305 e. The molecule has 0 saturated carbocycles. The molecule has 0 spiro atoms. The molecule has 0 saturated heterocycles. The summed E-state index contributed by atoms with van der Waals surface area (Å²) in [5.41, 5.74) is 1.20. The molecule has 0 aliphatic heterocycles. The van der Waals surface area contributed by atoms with Gasteiger partial charge in [-0.25, -0.2) is 4.99 Å². The Morgan fingerprint density at radius 3 is 2.46 bits per heavy atom. The van der Waals surface area contributed by atoms with Crippen LogP contribution in [0.3, 0.4) is 0 Å². The number of ether oxygens (including phenoxy) is 1. The lowest BCUT2D eigenvalue weighted by atomic mass is 10.1. The fourth-order valence-electron chi connectivity index (χ4n) is 2.15. The molecule has 1 rings (SSSR count). The summed E-state index contributed by atoms with van der Waals surface area (Å²) < 4.78 is 4.62. The van der Waals surface area contributed by atoms with Crippen molar-refractivity contribution in [2.45, 2.75) is 45.6 Å². The van der Waals surface area contributed by atoms with E-state index >= 15 is 0 Å². The van der Waals surface area contributed by atoms with E-state index in [0.717, 1.165) is 44.7 Å². The van der Waals surface area contributed by atoms with Crippen molar-refractivity contribution in [3.8, 4) is 0 Å². The SMILES string of the molecule is CCNC(=NCc1ccccc1)NCCCCCCC(=O)OC.I. The number of hydrogen-bond acceptors (Lipinski definition) is 3. The molecule has 0 atom stereocenters. The van der Waals surface area contributed by atoms with Crippen LogP contribution in [-0.4, -0.2) is 32.1 Å². The first-order valence-electron chi connectivity index (χ1n) is 8.39. The summed E-state index contributed by atoms with van der Waals surface area (Å²) in [5.74, 6) is 0.733. The van der Waals surface area contributed by atoms with E-state index in [1.807, 2.05) is 18.2 Å². The van der Waals surface area contributed by atoms with Crippen LogP contribution in [0.5, 0.6) is 0 Å². The van der Waals surface area contributed by atoms with Gasteiger partial charge in [-0.3, -0.25) is 4.79 Å². The third-order valence-electron chi connectivity index (χ3n) is 3.43. The van der Waals surface area contributed by atoms with Gasteiger partial charge in [0.1, 0.15) is 0 Å². The first kappa shape index (κ1) is 22.7. The molecule has 136 valence electrons. The molecule has 0 amide bonds. The van der Waals surface area contributed by atoms with E-state index in [9.17, 15) is 4.79 Å². The van der Waals surface area contributed by atoms with Gasteiger partial charge in [-0.2, -0.15) is 0 Å². The van der Waals surface area contributed by atoms with Gasteiger partial charge in [-0.1, -0.05) is 43.2 Å². The van der Waals surface area contributed by atoms with Gasteiger partial charge >= 0.3 is 5.97 Å². The van der Waals surface area contributed by atoms with E-state index in [2.05, 4.69) is 39.4 Å². The number of carbonyl (C=O) groups excluding carboxylic acids is 1. The van der Waals surface area contributed by atoms with E-state index in [4.69, 9.17) is 0 Å². The van der Waals surface area contributed by atoms with Crippen LogP contribution >= 0.6 is 24.0 Å². The first-order chi connectivity index (χ1) is 11.3. The number of methoxy groups -OCH3 is 1. The minimum absolute atomic E-state index is 0. The van der Waals surface area contributed by atoms with Gasteiger partial charge in [0.05, 0.1) is 13.7 Å². The highest BCUT2D eigenvalue weighted by Crippen LogP contribution is 2.03. The van der Waals surface area contributed by atoms with Gasteiger partial charge in [0.2, 0.25) is 0 Å². The smallest absolute Gasteiger partial charge is 0.305 e. The second-order valence-corrected chi connectivity index (χ2v) is 5.35. The van der Waals surface area contributed by atoms with Crippen molar-refractivity contribution >= 4 is 35.9 Å². The Bertz CT molecular complexity index is 467. The van der Waals surface area contributed by atoms with Gasteiger partial charge < -0.3 is 15.4 Å². The monoisotopic (exact) mass is 447 g/mol. The second-order valence-electron chi connectivity index (χ2n) is 5.35. The van der Waals surface area contributed by atoms with Gasteiger partial charge in [0, 0.05) is 19.5 Å². The molecular weight excluding hydrogens is 417 g/mol. The number of aliphatic imine (C=N–C) groups is 1. The number of carbonyl (C=O) groups is 1. The topological polar surface area (TPSA) is 62.7 Å². The fourth-order valence-corrected chi connectivity index (χ4v) is 2.15. The first-order valence-corrected chi connectivity index (χ1v) is 8.39. The van der Waals surface area contributed by atoms with E-state index in [1.54, 1.807) is 0 Å². The number of nitrogens with one attached hydrogen (secondary N) is 2. The van der Waals surface area contributed by atoms with E-state index in [1.165, 1.54) is 12.7 Å². The van der Waals surface area contributed by atoms with Crippen molar-refractivity contribution in [1.29, 1.82) is 0 Å². The predicted molar refractivity (Wildman–Crippen MR) is 110 cm³/mol. The maximum absolute atomic E-state index is 11.0. The summed E-state index contributed by atoms with van der Waals surface area (Å²) in [6, 6.07) is 10.2. The van der Waals surface area contributed by atoms with E-state index < -0.39 is 0 Å². The van der Waals surface area contributed by atoms with Crippen LogP contribution in [0.25, 0.3) is 0 Å². The average molecular weight is 447 g/mol. The summed E-state index contributed by atoms with van der Waals surface area (Å²) in [5, 5.41) is 6.60. The zero-order valence-electron chi connectivity index (χ0n) is 14.7. The molecule has 0 radical (unpaired) electrons. The number of rotatable bonds is 10. The van der Waals surface area contributed by atoms with Gasteiger partial charge in [-0.05, 0) is 25.3 Å². The fraction of sp³-hybridized carbons (Fsp3) is 0.556. The van der Waals surface area contributed by atoms with Crippen LogP contribution in [0, 0.1) is 0 Å². The molecule has 0 aliphatic carbocycles. The summed E-state index contributed by atoms with van der Waals surface area (Å²) in [4.78, 5) is 15.6. The van der Waals surface area contributed by atoms with E-state index in [0.29, 0.717) is 13.0 Å². The number of nitrogens with zero attached hydrogens (tertiary/aromatic N) is 1. The predicted octanol–water partition coefficient (Wildman–Crippen LogP) is 3.48. The highest BCUT2D eigenvalue weighted by molar-refractivity contribution is 14.0. The van der Waals surface area contributed by atoms with Crippen LogP contribution < -0.4 is 10.6 Å². The third kappa shape index (κ3) is 11.3. The molecule has 0 bridgehead atoms. The minimum Gasteiger partial charge on any atom is -0.469 e. The van der Waals surface area contributed by atoms with Gasteiger partial charge in [-0.15, -0.1) is 24.0 Å². The molecule has 5 nitrogen and oxygen atoms in total. The Kier molecular flexibility index (Phi) is 14.4. The number of hydrogen-bond donors (Lipinski definition) is 2. The minimum atomic E-state index is -0.120. The third-order valence-corrected chi connectivity index (χ3v) is 3.43. The van der Waals surface area contributed by atoms with Gasteiger partial charge in [0.15, 0.2) is 5.96 Å². The largest absolute Gasteiger partial charge is 0.469 e. The van der Waals surface area contributed by atoms with Crippen LogP contribution in [0.15, 0.2) is 35.3 Å². The van der Waals surface area contributed by atoms with Crippen LogP contribution in [0.4, 0.5) is 0 Å². The number of halogens is 1. The highest BCUT2D eigenvalue weighted by atomic mass is 127. The normalized spacial score (nSPS) is 10.7. The Morgan fingerprint density at radius 2 is 1.79 bits per heavy atom. The van der Waals surface area contributed by atoms with Crippen molar-refractivity contribution in [1.82, 2.24) is 10.6 Å². The zero-order chi connectivity index (χ0) is 16.8. The summed E-state index contributed by atoms with van der Waals surface area (Å²) in [6.07, 6.45) is 4.63. The summed E-state index contributed by atoms with van der Waals surface area (Å²) in [7, 11) is 1.43. The van der Waals surface area contributed by atoms with Crippen LogP contribution in [0.2, 0.25) is 0 Å². The van der Waals surface area contributed by atoms with Gasteiger partial charge in [0.25, 0.3) is 0 Å². The van der Waals surface area contributed by atoms with Crippen molar-refractivity contribution < 1.29 is 9.53 Å². The average Bonchev–Trinajstić information content (AvgIpc) is 2.59. The molecule has 1 aromatic rings. The maximum atomic E-state index is 11.0. The molecule has 24 heavy (non-hydrogen) atoms. The lowest BCUT2D eigenvalue weighted by Gasteiger charge is -2.11. The Balaban J connectivity index is 0.00000529. The van der Waals surface area contributed by atoms with E-state index in [-0.39, 0.29) is 29.9 Å². The molecule has 0 aliphatic rings. The molecule has 0 heterocycles. The standard InChI is InChI=1S/C18H29N3O2.HI/c1-3-19-18(21-15-16-11-7-6-8-12-16)20-14-10-5-4-9-13-17(22)23-2;/h6-8,11-12H,3-5,9-10,13-15H2,1-2H3,(H2,19,20,21);1H. The molecule has 0 fully saturated rings. The van der Waals surface area contributed by atoms with Crippen molar-refractivity contribution in [2.24, 2.45) is 4.99 Å². The number of guanidine groups is 1. The molecule has 2 N–H and O–H groups in total. The molecular formula is C18H30IN3O2. The quantitative estimate of drug-likeness (QED) is 0.190. The molecule has 0 unspecified atom stereocenters. The van der Waals surface area contributed by atoms with Crippen LogP contribution in [0.1, 0.15) is 44.6 Å². The molecule has 0 aromatic heterocycles. The Labute approximate surface area is 162 Å². The van der Waals surface area contributed by atoms with Crippen molar-refractivity contribution in [3.63, 3.8) is 0 Å².